The molecule has 0 amide bonds. The fourth-order valence-corrected chi connectivity index (χ4v) is 3.94. The quantitative estimate of drug-likeness (QED) is 0.851. The van der Waals surface area contributed by atoms with Gasteiger partial charge in [0.15, 0.2) is 5.16 Å². The van der Waals surface area contributed by atoms with Gasteiger partial charge in [-0.15, -0.1) is 10.2 Å². The highest BCUT2D eigenvalue weighted by atomic mass is 32.2. The van der Waals surface area contributed by atoms with E-state index in [1.807, 2.05) is 11.8 Å². The van der Waals surface area contributed by atoms with Crippen molar-refractivity contribution >= 4 is 11.8 Å². The van der Waals surface area contributed by atoms with Gasteiger partial charge in [0.05, 0.1) is 0 Å². The number of nitrogens with one attached hydrogen (secondary N) is 1. The van der Waals surface area contributed by atoms with Crippen LogP contribution in [-0.2, 0) is 13.0 Å². The topological polar surface area (TPSA) is 42.7 Å². The number of nitrogens with zero attached hydrogens (tertiary/aromatic N) is 3. The molecule has 0 aliphatic carbocycles. The zero-order valence-corrected chi connectivity index (χ0v) is 11.7. The molecule has 0 saturated carbocycles. The van der Waals surface area contributed by atoms with E-state index in [4.69, 9.17) is 0 Å². The second kappa shape index (κ2) is 6.06. The highest BCUT2D eigenvalue weighted by molar-refractivity contribution is 7.99. The molecule has 1 atom stereocenters. The number of hydrogen-bond acceptors (Lipinski definition) is 4. The Kier molecular flexibility index (Phi) is 4.20. The molecule has 5 heteroatoms. The number of hydrogen-bond donors (Lipinski definition) is 1. The van der Waals surface area contributed by atoms with Crippen LogP contribution in [0.3, 0.4) is 0 Å². The maximum Gasteiger partial charge on any atom is 0.191 e. The standard InChI is InChI=1S/C13H22N4S/c1-2-6-12-15-16-13(17(12)8-3-1)18-10-11-5-4-7-14-9-11/h11,14H,1-10H2. The van der Waals surface area contributed by atoms with Gasteiger partial charge in [-0.25, -0.2) is 0 Å². The molecule has 3 heterocycles. The van der Waals surface area contributed by atoms with Gasteiger partial charge in [-0.3, -0.25) is 0 Å². The summed E-state index contributed by atoms with van der Waals surface area (Å²) < 4.78 is 2.36. The Morgan fingerprint density at radius 2 is 2.22 bits per heavy atom. The summed E-state index contributed by atoms with van der Waals surface area (Å²) in [5.74, 6) is 3.20. The van der Waals surface area contributed by atoms with Crippen LogP contribution in [0.15, 0.2) is 5.16 Å². The van der Waals surface area contributed by atoms with Gasteiger partial charge in [0, 0.05) is 18.7 Å². The molecule has 0 spiro atoms. The van der Waals surface area contributed by atoms with Crippen molar-refractivity contribution in [1.82, 2.24) is 20.1 Å². The van der Waals surface area contributed by atoms with Gasteiger partial charge < -0.3 is 9.88 Å². The van der Waals surface area contributed by atoms with Crippen LogP contribution in [0.25, 0.3) is 0 Å². The first-order valence-corrected chi connectivity index (χ1v) is 8.17. The lowest BCUT2D eigenvalue weighted by Gasteiger charge is -2.22. The van der Waals surface area contributed by atoms with Gasteiger partial charge in [0.25, 0.3) is 0 Å². The third-order valence-corrected chi connectivity index (χ3v) is 5.12. The molecule has 1 aromatic heterocycles. The molecule has 2 aliphatic rings. The normalized spacial score (nSPS) is 24.6. The highest BCUT2D eigenvalue weighted by Crippen LogP contribution is 2.25. The fraction of sp³-hybridized carbons (Fsp3) is 0.846. The third kappa shape index (κ3) is 2.88. The zero-order chi connectivity index (χ0) is 12.2. The van der Waals surface area contributed by atoms with E-state index in [1.165, 1.54) is 56.8 Å². The Labute approximate surface area is 113 Å². The summed E-state index contributed by atoms with van der Waals surface area (Å²) in [6.45, 7) is 3.49. The Balaban J connectivity index is 1.60. The highest BCUT2D eigenvalue weighted by Gasteiger charge is 2.18. The minimum Gasteiger partial charge on any atom is -0.316 e. The van der Waals surface area contributed by atoms with Gasteiger partial charge >= 0.3 is 0 Å². The summed E-state index contributed by atoms with van der Waals surface area (Å²) in [5, 5.41) is 13.4. The SMILES string of the molecule is C1CCc2nnc(SCC3CCCNC3)n2CC1. The van der Waals surface area contributed by atoms with Crippen LogP contribution in [0.4, 0.5) is 0 Å². The van der Waals surface area contributed by atoms with E-state index in [0.717, 1.165) is 24.0 Å². The molecular weight excluding hydrogens is 244 g/mol. The molecule has 0 radical (unpaired) electrons. The predicted molar refractivity (Wildman–Crippen MR) is 73.9 cm³/mol. The van der Waals surface area contributed by atoms with Crippen molar-refractivity contribution < 1.29 is 0 Å². The summed E-state index contributed by atoms with van der Waals surface area (Å²) in [6.07, 6.45) is 7.68. The molecule has 1 fully saturated rings. The number of thioether (sulfide) groups is 1. The maximum atomic E-state index is 4.38. The van der Waals surface area contributed by atoms with E-state index >= 15 is 0 Å². The first-order valence-electron chi connectivity index (χ1n) is 7.19. The predicted octanol–water partition coefficient (Wildman–Crippen LogP) is 2.10. The van der Waals surface area contributed by atoms with Crippen molar-refractivity contribution in [3.05, 3.63) is 5.82 Å². The summed E-state index contributed by atoms with van der Waals surface area (Å²) in [6, 6.07) is 0. The largest absolute Gasteiger partial charge is 0.316 e. The van der Waals surface area contributed by atoms with Crippen LogP contribution in [0.1, 0.15) is 37.9 Å². The van der Waals surface area contributed by atoms with Gasteiger partial charge in [-0.1, -0.05) is 18.2 Å². The molecule has 3 rings (SSSR count). The van der Waals surface area contributed by atoms with Crippen molar-refractivity contribution in [2.75, 3.05) is 18.8 Å². The average Bonchev–Trinajstić information content (AvgIpc) is 2.65. The van der Waals surface area contributed by atoms with Crippen molar-refractivity contribution in [2.45, 2.75) is 50.2 Å². The van der Waals surface area contributed by atoms with E-state index in [-0.39, 0.29) is 0 Å². The summed E-state index contributed by atoms with van der Waals surface area (Å²) in [7, 11) is 0. The first kappa shape index (κ1) is 12.5. The van der Waals surface area contributed by atoms with Crippen molar-refractivity contribution in [3.63, 3.8) is 0 Å². The van der Waals surface area contributed by atoms with Crippen LogP contribution in [0.5, 0.6) is 0 Å². The molecular formula is C13H22N4S. The van der Waals surface area contributed by atoms with Crippen molar-refractivity contribution in [3.8, 4) is 0 Å². The summed E-state index contributed by atoms with van der Waals surface area (Å²) >= 11 is 1.91. The van der Waals surface area contributed by atoms with Gasteiger partial charge in [0.2, 0.25) is 0 Å². The smallest absolute Gasteiger partial charge is 0.191 e. The molecule has 0 aromatic carbocycles. The average molecular weight is 266 g/mol. The van der Waals surface area contributed by atoms with E-state index in [0.29, 0.717) is 0 Å². The summed E-state index contributed by atoms with van der Waals surface area (Å²) in [5.41, 5.74) is 0. The van der Waals surface area contributed by atoms with E-state index in [9.17, 15) is 0 Å². The van der Waals surface area contributed by atoms with E-state index in [2.05, 4.69) is 20.1 Å². The molecule has 1 unspecified atom stereocenters. The van der Waals surface area contributed by atoms with Crippen LogP contribution >= 0.6 is 11.8 Å². The van der Waals surface area contributed by atoms with Gasteiger partial charge in [-0.2, -0.15) is 0 Å². The van der Waals surface area contributed by atoms with Crippen LogP contribution in [0, 0.1) is 5.92 Å². The molecule has 1 N–H and O–H groups in total. The van der Waals surface area contributed by atoms with Crippen molar-refractivity contribution in [2.24, 2.45) is 5.92 Å². The lowest BCUT2D eigenvalue weighted by atomic mass is 10.0. The van der Waals surface area contributed by atoms with E-state index < -0.39 is 0 Å². The first-order chi connectivity index (χ1) is 8.93. The van der Waals surface area contributed by atoms with Gasteiger partial charge in [-0.05, 0) is 44.7 Å². The zero-order valence-electron chi connectivity index (χ0n) is 10.9. The Morgan fingerprint density at radius 1 is 1.22 bits per heavy atom. The monoisotopic (exact) mass is 266 g/mol. The molecule has 100 valence electrons. The number of piperidine rings is 1. The van der Waals surface area contributed by atoms with Gasteiger partial charge in [0.1, 0.15) is 5.82 Å². The molecule has 18 heavy (non-hydrogen) atoms. The second-order valence-electron chi connectivity index (χ2n) is 5.38. The Bertz CT molecular complexity index is 384. The molecule has 4 nitrogen and oxygen atoms in total. The number of aryl methyl sites for hydroxylation is 1. The molecule has 1 aromatic rings. The number of fused-ring (bicyclic) bond motifs is 1. The maximum absolute atomic E-state index is 4.38. The minimum absolute atomic E-state index is 0.808. The molecule has 0 bridgehead atoms. The third-order valence-electron chi connectivity index (χ3n) is 3.92. The molecule has 2 aliphatic heterocycles. The number of aromatic nitrogens is 3. The van der Waals surface area contributed by atoms with Crippen molar-refractivity contribution in [1.29, 1.82) is 0 Å². The Morgan fingerprint density at radius 3 is 3.11 bits per heavy atom. The lowest BCUT2D eigenvalue weighted by molar-refractivity contribution is 0.410. The lowest BCUT2D eigenvalue weighted by Crippen LogP contribution is -2.31. The van der Waals surface area contributed by atoms with Crippen LogP contribution < -0.4 is 5.32 Å². The Hall–Kier alpha value is -0.550. The van der Waals surface area contributed by atoms with Crippen LogP contribution in [-0.4, -0.2) is 33.6 Å². The van der Waals surface area contributed by atoms with Crippen LogP contribution in [0.2, 0.25) is 0 Å². The molecule has 1 saturated heterocycles. The second-order valence-corrected chi connectivity index (χ2v) is 6.37. The summed E-state index contributed by atoms with van der Waals surface area (Å²) in [4.78, 5) is 0. The van der Waals surface area contributed by atoms with E-state index in [1.54, 1.807) is 0 Å². The fourth-order valence-electron chi connectivity index (χ4n) is 2.82. The minimum atomic E-state index is 0.808. The number of rotatable bonds is 3.